The molecule has 1 aliphatic heterocycles. The third-order valence-electron chi connectivity index (χ3n) is 5.98. The minimum Gasteiger partial charge on any atom is -0.495 e. The number of carbonyl (C=O) groups excluding carboxylic acids is 1. The Labute approximate surface area is 199 Å². The van der Waals surface area contributed by atoms with E-state index in [1.165, 1.54) is 47.6 Å². The second-order valence-electron chi connectivity index (χ2n) is 8.43. The average Bonchev–Trinajstić information content (AvgIpc) is 2.83. The minimum atomic E-state index is -3.98. The van der Waals surface area contributed by atoms with Crippen molar-refractivity contribution in [1.29, 1.82) is 0 Å². The van der Waals surface area contributed by atoms with Crippen LogP contribution in [0.5, 0.6) is 5.75 Å². The van der Waals surface area contributed by atoms with Gasteiger partial charge in [0.05, 0.1) is 12.8 Å². The molecule has 34 heavy (non-hydrogen) atoms. The summed E-state index contributed by atoms with van der Waals surface area (Å²) < 4.78 is 48.2. The van der Waals surface area contributed by atoms with Crippen molar-refractivity contribution >= 4 is 21.6 Å². The fourth-order valence-electron chi connectivity index (χ4n) is 4.30. The lowest BCUT2D eigenvalue weighted by Crippen LogP contribution is -2.36. The molecule has 8 heteroatoms. The zero-order valence-corrected chi connectivity index (χ0v) is 20.2. The number of sulfonamides is 1. The smallest absolute Gasteiger partial charge is 0.258 e. The largest absolute Gasteiger partial charge is 0.495 e. The Morgan fingerprint density at radius 2 is 1.85 bits per heavy atom. The van der Waals surface area contributed by atoms with Crippen molar-refractivity contribution in [3.63, 3.8) is 0 Å². The van der Waals surface area contributed by atoms with Crippen LogP contribution < -0.4 is 9.64 Å². The van der Waals surface area contributed by atoms with Crippen molar-refractivity contribution in [3.8, 4) is 5.75 Å². The van der Waals surface area contributed by atoms with Gasteiger partial charge in [-0.3, -0.25) is 4.79 Å². The van der Waals surface area contributed by atoms with Crippen molar-refractivity contribution in [2.75, 3.05) is 25.6 Å². The third-order valence-corrected chi connectivity index (χ3v) is 7.80. The molecule has 0 atom stereocenters. The van der Waals surface area contributed by atoms with Gasteiger partial charge in [0, 0.05) is 25.7 Å². The van der Waals surface area contributed by atoms with Crippen LogP contribution in [-0.4, -0.2) is 39.3 Å². The van der Waals surface area contributed by atoms with Crippen molar-refractivity contribution in [2.24, 2.45) is 0 Å². The van der Waals surface area contributed by atoms with E-state index in [2.05, 4.69) is 0 Å². The number of amides is 1. The molecule has 0 bridgehead atoms. The van der Waals surface area contributed by atoms with E-state index in [0.29, 0.717) is 19.4 Å². The number of carbonyl (C=O) groups is 1. The van der Waals surface area contributed by atoms with Gasteiger partial charge in [-0.1, -0.05) is 36.4 Å². The van der Waals surface area contributed by atoms with Crippen LogP contribution in [0, 0.1) is 12.7 Å². The number of benzene rings is 3. The summed E-state index contributed by atoms with van der Waals surface area (Å²) >= 11 is 0. The molecule has 0 fully saturated rings. The van der Waals surface area contributed by atoms with Crippen LogP contribution >= 0.6 is 0 Å². The molecule has 0 aromatic heterocycles. The minimum absolute atomic E-state index is 0.110. The summed E-state index contributed by atoms with van der Waals surface area (Å²) in [6.45, 7) is 2.33. The number of fused-ring (bicyclic) bond motifs is 1. The Morgan fingerprint density at radius 1 is 1.12 bits per heavy atom. The van der Waals surface area contributed by atoms with Gasteiger partial charge in [0.15, 0.2) is 0 Å². The quantitative estimate of drug-likeness (QED) is 0.517. The summed E-state index contributed by atoms with van der Waals surface area (Å²) in [6, 6.07) is 16.8. The van der Waals surface area contributed by atoms with Gasteiger partial charge >= 0.3 is 0 Å². The fourth-order valence-corrected chi connectivity index (χ4v) is 5.64. The number of halogens is 1. The van der Waals surface area contributed by atoms with Gasteiger partial charge in [-0.05, 0) is 60.7 Å². The van der Waals surface area contributed by atoms with E-state index >= 15 is 0 Å². The Hall–Kier alpha value is -3.23. The van der Waals surface area contributed by atoms with Crippen molar-refractivity contribution in [3.05, 3.63) is 88.7 Å². The first-order chi connectivity index (χ1) is 16.2. The Balaban J connectivity index is 1.70. The highest BCUT2D eigenvalue weighted by Crippen LogP contribution is 2.34. The van der Waals surface area contributed by atoms with E-state index in [0.717, 1.165) is 16.7 Å². The molecule has 6 nitrogen and oxygen atoms in total. The molecule has 3 aromatic rings. The zero-order valence-electron chi connectivity index (χ0n) is 19.4. The number of nitrogens with zero attached hydrogens (tertiary/aromatic N) is 2. The summed E-state index contributed by atoms with van der Waals surface area (Å²) in [5.74, 6) is -0.766. The lowest BCUT2D eigenvalue weighted by molar-refractivity contribution is 0.0984. The van der Waals surface area contributed by atoms with Crippen LogP contribution in [0.3, 0.4) is 0 Å². The second-order valence-corrected chi connectivity index (χ2v) is 10.4. The first-order valence-electron chi connectivity index (χ1n) is 11.0. The molecule has 1 aliphatic rings. The first kappa shape index (κ1) is 23.9. The molecule has 0 N–H and O–H groups in total. The molecule has 0 radical (unpaired) electrons. The summed E-state index contributed by atoms with van der Waals surface area (Å²) in [7, 11) is -1.12. The van der Waals surface area contributed by atoms with Crippen molar-refractivity contribution in [1.82, 2.24) is 4.31 Å². The number of hydrogen-bond acceptors (Lipinski definition) is 4. The van der Waals surface area contributed by atoms with Gasteiger partial charge in [-0.2, -0.15) is 4.31 Å². The van der Waals surface area contributed by atoms with Crippen molar-refractivity contribution < 1.29 is 22.3 Å². The lowest BCUT2D eigenvalue weighted by atomic mass is 9.98. The van der Waals surface area contributed by atoms with Crippen LogP contribution in [-0.2, 0) is 23.0 Å². The Bertz CT molecular complexity index is 1330. The number of ether oxygens (including phenoxy) is 1. The van der Waals surface area contributed by atoms with Crippen LogP contribution in [0.1, 0.15) is 33.5 Å². The van der Waals surface area contributed by atoms with E-state index in [1.54, 1.807) is 0 Å². The highest BCUT2D eigenvalue weighted by Gasteiger charge is 2.30. The molecule has 0 saturated carbocycles. The zero-order chi connectivity index (χ0) is 24.5. The number of anilines is 1. The van der Waals surface area contributed by atoms with E-state index in [-0.39, 0.29) is 28.4 Å². The summed E-state index contributed by atoms with van der Waals surface area (Å²) in [6.07, 6.45) is 1.38. The predicted molar refractivity (Wildman–Crippen MR) is 129 cm³/mol. The van der Waals surface area contributed by atoms with Crippen LogP contribution in [0.15, 0.2) is 65.6 Å². The number of hydrogen-bond donors (Lipinski definition) is 0. The molecule has 178 valence electrons. The Kier molecular flexibility index (Phi) is 6.72. The van der Waals surface area contributed by atoms with E-state index < -0.39 is 21.7 Å². The van der Waals surface area contributed by atoms with Gasteiger partial charge in [-0.25, -0.2) is 12.8 Å². The van der Waals surface area contributed by atoms with E-state index in [9.17, 15) is 17.6 Å². The monoisotopic (exact) mass is 482 g/mol. The Morgan fingerprint density at radius 3 is 2.56 bits per heavy atom. The first-order valence-corrected chi connectivity index (χ1v) is 12.5. The highest BCUT2D eigenvalue weighted by molar-refractivity contribution is 7.89. The molecule has 1 heterocycles. The molecule has 0 unspecified atom stereocenters. The van der Waals surface area contributed by atoms with Gasteiger partial charge < -0.3 is 9.64 Å². The maximum Gasteiger partial charge on any atom is 0.258 e. The van der Waals surface area contributed by atoms with Crippen LogP contribution in [0.2, 0.25) is 0 Å². The van der Waals surface area contributed by atoms with E-state index in [1.807, 2.05) is 43.3 Å². The number of aryl methyl sites for hydroxylation is 2. The normalized spacial score (nSPS) is 13.6. The standard InChI is InChI=1S/C26H27FN2O4S/c1-18-14-20-10-7-13-29(25(20)22(27)15-18)26(30)21-11-12-23(33-3)24(16-21)34(31,32)28(2)17-19-8-5-4-6-9-19/h4-6,8-9,11-12,14-16H,7,10,13,17H2,1-3H3. The molecule has 0 aliphatic carbocycles. The topological polar surface area (TPSA) is 66.9 Å². The molecular formula is C26H27FN2O4S. The molecule has 0 saturated heterocycles. The maximum absolute atomic E-state index is 14.8. The average molecular weight is 483 g/mol. The SMILES string of the molecule is COc1ccc(C(=O)N2CCCc3cc(C)cc(F)c32)cc1S(=O)(=O)N(C)Cc1ccccc1. The highest BCUT2D eigenvalue weighted by atomic mass is 32.2. The van der Waals surface area contributed by atoms with Crippen LogP contribution in [0.4, 0.5) is 10.1 Å². The number of methoxy groups -OCH3 is 1. The van der Waals surface area contributed by atoms with Gasteiger partial charge in [-0.15, -0.1) is 0 Å². The van der Waals surface area contributed by atoms with Crippen molar-refractivity contribution in [2.45, 2.75) is 31.2 Å². The fraction of sp³-hybridized carbons (Fsp3) is 0.269. The molecule has 4 rings (SSSR count). The van der Waals surface area contributed by atoms with Crippen LogP contribution in [0.25, 0.3) is 0 Å². The van der Waals surface area contributed by atoms with Gasteiger partial charge in [0.25, 0.3) is 5.91 Å². The molecule has 3 aromatic carbocycles. The predicted octanol–water partition coefficient (Wildman–Crippen LogP) is 4.56. The van der Waals surface area contributed by atoms with Gasteiger partial charge in [0.1, 0.15) is 16.5 Å². The molecule has 1 amide bonds. The third kappa shape index (κ3) is 4.56. The van der Waals surface area contributed by atoms with Gasteiger partial charge in [0.2, 0.25) is 10.0 Å². The summed E-state index contributed by atoms with van der Waals surface area (Å²) in [5.41, 5.74) is 2.82. The lowest BCUT2D eigenvalue weighted by Gasteiger charge is -2.30. The second kappa shape index (κ2) is 9.56. The maximum atomic E-state index is 14.8. The summed E-state index contributed by atoms with van der Waals surface area (Å²) in [4.78, 5) is 14.7. The molecular weight excluding hydrogens is 455 g/mol. The number of rotatable bonds is 6. The van der Waals surface area contributed by atoms with E-state index in [4.69, 9.17) is 4.74 Å². The summed E-state index contributed by atoms with van der Waals surface area (Å²) in [5, 5.41) is 0. The molecule has 0 spiro atoms.